The number of alkyl halides is 2. The number of phenols is 1. The van der Waals surface area contributed by atoms with Gasteiger partial charge < -0.3 is 14.4 Å². The summed E-state index contributed by atoms with van der Waals surface area (Å²) in [5.74, 6) is -2.38. The van der Waals surface area contributed by atoms with Crippen molar-refractivity contribution in [2.24, 2.45) is 0 Å². The number of halogens is 2. The van der Waals surface area contributed by atoms with Crippen molar-refractivity contribution in [3.63, 3.8) is 0 Å². The zero-order valence-corrected chi connectivity index (χ0v) is 17.2. The number of ether oxygens (including phenoxy) is 1. The van der Waals surface area contributed by atoms with Gasteiger partial charge in [0.1, 0.15) is 11.9 Å². The Kier molecular flexibility index (Phi) is 4.47. The highest BCUT2D eigenvalue weighted by molar-refractivity contribution is 5.68. The first-order chi connectivity index (χ1) is 14.8. The Morgan fingerprint density at radius 3 is 2.65 bits per heavy atom. The van der Waals surface area contributed by atoms with E-state index < -0.39 is 11.5 Å². The predicted molar refractivity (Wildman–Crippen MR) is 109 cm³/mol. The fourth-order valence-corrected chi connectivity index (χ4v) is 4.77. The molecule has 4 heterocycles. The number of nitrogens with zero attached hydrogens (tertiary/aromatic N) is 5. The van der Waals surface area contributed by atoms with Crippen LogP contribution in [0.25, 0.3) is 16.9 Å². The van der Waals surface area contributed by atoms with E-state index >= 15 is 0 Å². The molecule has 2 aliphatic rings. The molecule has 3 aromatic rings. The zero-order valence-electron chi connectivity index (χ0n) is 17.2. The molecule has 2 aliphatic heterocycles. The first-order valence-corrected chi connectivity index (χ1v) is 10.2. The third-order valence-corrected chi connectivity index (χ3v) is 6.75. The number of fused-ring (bicyclic) bond motifs is 2. The molecular weight excluding hydrogens is 404 g/mol. The lowest BCUT2D eigenvalue weighted by Crippen LogP contribution is -2.56. The van der Waals surface area contributed by atoms with Gasteiger partial charge in [0.15, 0.2) is 0 Å². The van der Waals surface area contributed by atoms with E-state index in [1.165, 1.54) is 0 Å². The number of rotatable bonds is 4. The lowest BCUT2D eigenvalue weighted by atomic mass is 9.87. The first-order valence-electron chi connectivity index (χ1n) is 10.2. The molecular formula is C22H23F2N5O2. The summed E-state index contributed by atoms with van der Waals surface area (Å²) in [4.78, 5) is 5.79. The number of aromatic hydroxyl groups is 1. The summed E-state index contributed by atoms with van der Waals surface area (Å²) < 4.78 is 36.7. The molecule has 0 spiro atoms. The van der Waals surface area contributed by atoms with E-state index in [0.717, 1.165) is 5.69 Å². The van der Waals surface area contributed by atoms with E-state index in [0.29, 0.717) is 23.6 Å². The smallest absolute Gasteiger partial charge is 0.267 e. The van der Waals surface area contributed by atoms with E-state index in [1.807, 2.05) is 6.07 Å². The summed E-state index contributed by atoms with van der Waals surface area (Å²) in [6.45, 7) is 1.60. The average molecular weight is 427 g/mol. The van der Waals surface area contributed by atoms with Gasteiger partial charge in [-0.3, -0.25) is 4.90 Å². The molecule has 2 bridgehead atoms. The molecule has 31 heavy (non-hydrogen) atoms. The Balaban J connectivity index is 1.31. The van der Waals surface area contributed by atoms with Gasteiger partial charge in [-0.15, -0.1) is 10.2 Å². The lowest BCUT2D eigenvalue weighted by Gasteiger charge is -2.44. The third-order valence-electron chi connectivity index (χ3n) is 6.75. The third kappa shape index (κ3) is 3.23. The number of imidazole rings is 1. The van der Waals surface area contributed by atoms with Crippen LogP contribution >= 0.6 is 0 Å². The fourth-order valence-electron chi connectivity index (χ4n) is 4.77. The number of hydrogen-bond acceptors (Lipinski definition) is 6. The van der Waals surface area contributed by atoms with Crippen molar-refractivity contribution in [2.45, 2.75) is 49.8 Å². The lowest BCUT2D eigenvalue weighted by molar-refractivity contribution is -0.106. The van der Waals surface area contributed by atoms with E-state index in [4.69, 9.17) is 4.74 Å². The monoisotopic (exact) mass is 427 g/mol. The fraction of sp³-hybridized carbons (Fsp3) is 0.409. The highest BCUT2D eigenvalue weighted by Crippen LogP contribution is 2.52. The van der Waals surface area contributed by atoms with Crippen LogP contribution in [0.5, 0.6) is 11.6 Å². The molecule has 0 aliphatic carbocycles. The molecule has 9 heteroatoms. The summed E-state index contributed by atoms with van der Waals surface area (Å²) in [6, 6.07) is 8.38. The summed E-state index contributed by atoms with van der Waals surface area (Å²) in [5.41, 5.74) is 0.585. The first kappa shape index (κ1) is 19.9. The molecule has 162 valence electrons. The summed E-state index contributed by atoms with van der Waals surface area (Å²) >= 11 is 0. The van der Waals surface area contributed by atoms with Crippen LogP contribution in [0.15, 0.2) is 49.1 Å². The van der Waals surface area contributed by atoms with Crippen molar-refractivity contribution in [2.75, 3.05) is 7.05 Å². The largest absolute Gasteiger partial charge is 0.507 e. The normalized spacial score (nSPS) is 27.4. The maximum Gasteiger partial charge on any atom is 0.267 e. The molecule has 3 atom stereocenters. The number of piperidine rings is 1. The van der Waals surface area contributed by atoms with Crippen LogP contribution in [-0.4, -0.2) is 60.4 Å². The summed E-state index contributed by atoms with van der Waals surface area (Å²) in [7, 11) is 1.76. The molecule has 1 aromatic carbocycles. The summed E-state index contributed by atoms with van der Waals surface area (Å²) in [6.07, 6.45) is 5.36. The van der Waals surface area contributed by atoms with Gasteiger partial charge in [-0.1, -0.05) is 0 Å². The maximum atomic E-state index is 14.5. The van der Waals surface area contributed by atoms with Crippen molar-refractivity contribution in [3.05, 3.63) is 49.1 Å². The van der Waals surface area contributed by atoms with Crippen molar-refractivity contribution in [1.29, 1.82) is 0 Å². The van der Waals surface area contributed by atoms with Gasteiger partial charge in [-0.05, 0) is 32.2 Å². The maximum absolute atomic E-state index is 14.5. The van der Waals surface area contributed by atoms with E-state index in [9.17, 15) is 13.9 Å². The van der Waals surface area contributed by atoms with Gasteiger partial charge in [0.2, 0.25) is 5.88 Å². The molecule has 2 saturated heterocycles. The van der Waals surface area contributed by atoms with Crippen molar-refractivity contribution in [3.8, 4) is 28.6 Å². The number of phenolic OH excluding ortho intramolecular Hbond substituents is 1. The molecule has 1 N–H and O–H groups in total. The van der Waals surface area contributed by atoms with Crippen LogP contribution in [-0.2, 0) is 0 Å². The van der Waals surface area contributed by atoms with E-state index in [-0.39, 0.29) is 30.7 Å². The second-order valence-corrected chi connectivity index (χ2v) is 8.56. The second-order valence-electron chi connectivity index (χ2n) is 8.56. The zero-order chi connectivity index (χ0) is 21.8. The molecule has 0 amide bonds. The van der Waals surface area contributed by atoms with Crippen LogP contribution in [0.2, 0.25) is 0 Å². The molecule has 0 radical (unpaired) electrons. The van der Waals surface area contributed by atoms with Gasteiger partial charge >= 0.3 is 0 Å². The Bertz CT molecular complexity index is 1090. The van der Waals surface area contributed by atoms with Crippen LogP contribution in [0, 0.1) is 0 Å². The highest BCUT2D eigenvalue weighted by atomic mass is 19.3. The van der Waals surface area contributed by atoms with Crippen LogP contribution in [0.4, 0.5) is 8.78 Å². The molecule has 0 saturated carbocycles. The quantitative estimate of drug-likeness (QED) is 0.685. The van der Waals surface area contributed by atoms with Crippen LogP contribution in [0.3, 0.4) is 0 Å². The highest BCUT2D eigenvalue weighted by Gasteiger charge is 2.64. The Hall–Kier alpha value is -3.07. The van der Waals surface area contributed by atoms with Gasteiger partial charge in [0, 0.05) is 55.4 Å². The Morgan fingerprint density at radius 2 is 2.00 bits per heavy atom. The number of aromatic nitrogens is 4. The average Bonchev–Trinajstić information content (AvgIpc) is 3.29. The standard InChI is InChI=1S/C22H23F2N5O2/c1-21-12-16(9-15(28(21)2)11-22(21,23)24)31-20-6-5-18(26-27-20)17-4-3-14(10-19(17)30)29-8-7-25-13-29/h3-8,10,13,15-16,30H,9,11-12H2,1-2H3/t15?,16-,21-/m0/s1. The van der Waals surface area contributed by atoms with Crippen LogP contribution < -0.4 is 4.74 Å². The minimum Gasteiger partial charge on any atom is -0.507 e. The second kappa shape index (κ2) is 6.98. The Labute approximate surface area is 178 Å². The van der Waals surface area contributed by atoms with Crippen molar-refractivity contribution < 1.29 is 18.6 Å². The molecule has 7 nitrogen and oxygen atoms in total. The topological polar surface area (TPSA) is 76.3 Å². The molecule has 1 unspecified atom stereocenters. The van der Waals surface area contributed by atoms with Crippen molar-refractivity contribution in [1.82, 2.24) is 24.6 Å². The van der Waals surface area contributed by atoms with Crippen molar-refractivity contribution >= 4 is 0 Å². The minimum atomic E-state index is -2.74. The molecule has 2 fully saturated rings. The van der Waals surface area contributed by atoms with Gasteiger partial charge in [-0.25, -0.2) is 13.8 Å². The number of benzene rings is 1. The minimum absolute atomic E-state index is 0.0659. The summed E-state index contributed by atoms with van der Waals surface area (Å²) in [5, 5.41) is 18.7. The van der Waals surface area contributed by atoms with Gasteiger partial charge in [0.05, 0.1) is 23.2 Å². The van der Waals surface area contributed by atoms with Crippen LogP contribution in [0.1, 0.15) is 26.2 Å². The number of hydrogen-bond donors (Lipinski definition) is 1. The Morgan fingerprint density at radius 1 is 1.16 bits per heavy atom. The van der Waals surface area contributed by atoms with Gasteiger partial charge in [0.25, 0.3) is 5.92 Å². The van der Waals surface area contributed by atoms with E-state index in [2.05, 4.69) is 15.2 Å². The van der Waals surface area contributed by atoms with Gasteiger partial charge in [-0.2, -0.15) is 0 Å². The molecule has 2 aromatic heterocycles. The SMILES string of the molecule is CN1C2C[C@H](Oc3ccc(-c4ccc(-n5ccnc5)cc4O)nn3)C[C@@]1(C)C(F)(F)C2. The molecule has 5 rings (SSSR count). The predicted octanol–water partition coefficient (Wildman–Crippen LogP) is 3.67. The van der Waals surface area contributed by atoms with E-state index in [1.54, 1.807) is 66.4 Å².